The van der Waals surface area contributed by atoms with Crippen molar-refractivity contribution in [3.63, 3.8) is 0 Å². The maximum absolute atomic E-state index is 14.1. The fourth-order valence-corrected chi connectivity index (χ4v) is 3.65. The van der Waals surface area contributed by atoms with Crippen molar-refractivity contribution in [2.24, 2.45) is 0 Å². The van der Waals surface area contributed by atoms with E-state index >= 15 is 0 Å². The van der Waals surface area contributed by atoms with E-state index in [1.54, 1.807) is 0 Å². The highest BCUT2D eigenvalue weighted by Gasteiger charge is 2.33. The number of hydrogen-bond donors (Lipinski definition) is 1. The Kier molecular flexibility index (Phi) is 6.26. The second-order valence-corrected chi connectivity index (χ2v) is 7.02. The Morgan fingerprint density at radius 1 is 1.18 bits per heavy atom. The van der Waals surface area contributed by atoms with E-state index in [2.05, 4.69) is 4.74 Å². The van der Waals surface area contributed by atoms with Crippen LogP contribution in [0.15, 0.2) is 41.3 Å². The van der Waals surface area contributed by atoms with Crippen LogP contribution in [-0.2, 0) is 19.6 Å². The van der Waals surface area contributed by atoms with Gasteiger partial charge in [0.2, 0.25) is 10.0 Å². The molecule has 2 rings (SSSR count). The third-order valence-electron chi connectivity index (χ3n) is 3.63. The third kappa shape index (κ3) is 4.40. The molecule has 28 heavy (non-hydrogen) atoms. The summed E-state index contributed by atoms with van der Waals surface area (Å²) in [7, 11) is -2.61. The number of carbonyl (C=O) groups excluding carboxylic acids is 1. The van der Waals surface area contributed by atoms with Crippen molar-refractivity contribution >= 4 is 21.7 Å². The number of hydrogen-bond acceptors (Lipinski definition) is 7. The molecule has 0 saturated carbocycles. The van der Waals surface area contributed by atoms with Gasteiger partial charge >= 0.3 is 5.97 Å². The average molecular weight is 416 g/mol. The van der Waals surface area contributed by atoms with Gasteiger partial charge in [0, 0.05) is 17.7 Å². The minimum Gasteiger partial charge on any atom is -0.495 e. The van der Waals surface area contributed by atoms with Crippen LogP contribution in [0.5, 0.6) is 5.75 Å². The number of methoxy groups -OCH3 is 2. The molecule has 150 valence electrons. The van der Waals surface area contributed by atoms with Crippen LogP contribution < -0.4 is 9.46 Å². The normalized spacial score (nSPS) is 12.3. The van der Waals surface area contributed by atoms with Gasteiger partial charge in [0.05, 0.1) is 19.1 Å². The number of nitrogens with one attached hydrogen (secondary N) is 1. The molecule has 0 bridgehead atoms. The molecule has 0 aliphatic rings. The first kappa shape index (κ1) is 21.2. The van der Waals surface area contributed by atoms with Gasteiger partial charge < -0.3 is 9.47 Å². The Morgan fingerprint density at radius 2 is 1.86 bits per heavy atom. The standard InChI is InChI=1S/C16H14F2N2O7S/c1-26-13-6-4-10(20(22)23)8-14(13)28(24,25)19-15(16(21)27-2)11-7-9(17)3-5-12(11)18/h3-8,15,19H,1-2H3/t15-/m0/s1. The molecule has 0 heterocycles. The summed E-state index contributed by atoms with van der Waals surface area (Å²) in [5, 5.41) is 10.9. The van der Waals surface area contributed by atoms with Gasteiger partial charge in [0.15, 0.2) is 0 Å². The molecule has 2 aromatic rings. The van der Waals surface area contributed by atoms with E-state index in [1.807, 2.05) is 4.72 Å². The molecular weight excluding hydrogens is 402 g/mol. The quantitative estimate of drug-likeness (QED) is 0.416. The number of non-ortho nitro benzene ring substituents is 1. The number of nitrogens with zero attached hydrogens (tertiary/aromatic N) is 1. The van der Waals surface area contributed by atoms with E-state index in [1.165, 1.54) is 0 Å². The lowest BCUT2D eigenvalue weighted by molar-refractivity contribution is -0.385. The molecule has 0 saturated heterocycles. The summed E-state index contributed by atoms with van der Waals surface area (Å²) in [5.41, 5.74) is -1.19. The highest BCUT2D eigenvalue weighted by Crippen LogP contribution is 2.30. The Morgan fingerprint density at radius 3 is 2.43 bits per heavy atom. The van der Waals surface area contributed by atoms with Gasteiger partial charge in [-0.15, -0.1) is 0 Å². The molecule has 0 unspecified atom stereocenters. The molecule has 0 aliphatic heterocycles. The molecule has 9 nitrogen and oxygen atoms in total. The zero-order valence-electron chi connectivity index (χ0n) is 14.5. The SMILES string of the molecule is COC(=O)[C@@H](NS(=O)(=O)c1cc([N+](=O)[O-])ccc1OC)c1cc(F)ccc1F. The van der Waals surface area contributed by atoms with E-state index in [4.69, 9.17) is 4.74 Å². The summed E-state index contributed by atoms with van der Waals surface area (Å²) >= 11 is 0. The fraction of sp³-hybridized carbons (Fsp3) is 0.188. The van der Waals surface area contributed by atoms with Crippen LogP contribution in [0, 0.1) is 21.7 Å². The summed E-state index contributed by atoms with van der Waals surface area (Å²) in [5.74, 6) is -3.47. The van der Waals surface area contributed by atoms with E-state index in [-0.39, 0.29) is 5.75 Å². The molecule has 0 amide bonds. The van der Waals surface area contributed by atoms with E-state index in [0.29, 0.717) is 18.2 Å². The zero-order chi connectivity index (χ0) is 21.1. The van der Waals surface area contributed by atoms with Gasteiger partial charge in [-0.2, -0.15) is 4.72 Å². The highest BCUT2D eigenvalue weighted by molar-refractivity contribution is 7.89. The highest BCUT2D eigenvalue weighted by atomic mass is 32.2. The van der Waals surface area contributed by atoms with Crippen LogP contribution in [0.2, 0.25) is 0 Å². The number of sulfonamides is 1. The fourth-order valence-electron chi connectivity index (χ4n) is 2.30. The first-order valence-electron chi connectivity index (χ1n) is 7.48. The van der Waals surface area contributed by atoms with Crippen molar-refractivity contribution < 1.29 is 36.4 Å². The van der Waals surface area contributed by atoms with E-state index in [0.717, 1.165) is 32.4 Å². The Balaban J connectivity index is 2.58. The third-order valence-corrected chi connectivity index (χ3v) is 5.07. The van der Waals surface area contributed by atoms with Gasteiger partial charge in [-0.1, -0.05) is 0 Å². The van der Waals surface area contributed by atoms with Crippen LogP contribution in [0.3, 0.4) is 0 Å². The average Bonchev–Trinajstić information content (AvgIpc) is 2.66. The summed E-state index contributed by atoms with van der Waals surface area (Å²) < 4.78 is 64.3. The molecule has 1 atom stereocenters. The Bertz CT molecular complexity index is 1030. The molecular formula is C16H14F2N2O7S. The molecule has 0 aliphatic carbocycles. The van der Waals surface area contributed by atoms with Crippen molar-refractivity contribution in [1.82, 2.24) is 4.72 Å². The number of halogens is 2. The van der Waals surface area contributed by atoms with Crippen molar-refractivity contribution in [3.05, 3.63) is 63.7 Å². The first-order valence-corrected chi connectivity index (χ1v) is 8.96. The first-order chi connectivity index (χ1) is 13.1. The van der Waals surface area contributed by atoms with E-state index < -0.39 is 54.7 Å². The lowest BCUT2D eigenvalue weighted by Gasteiger charge is -2.18. The smallest absolute Gasteiger partial charge is 0.328 e. The zero-order valence-corrected chi connectivity index (χ0v) is 15.3. The van der Waals surface area contributed by atoms with Crippen LogP contribution in [0.25, 0.3) is 0 Å². The summed E-state index contributed by atoms with van der Waals surface area (Å²) in [4.78, 5) is 21.5. The summed E-state index contributed by atoms with van der Waals surface area (Å²) in [6.45, 7) is 0. The van der Waals surface area contributed by atoms with Gasteiger partial charge in [-0.3, -0.25) is 10.1 Å². The molecule has 0 fully saturated rings. The van der Waals surface area contributed by atoms with Gasteiger partial charge in [-0.05, 0) is 24.3 Å². The van der Waals surface area contributed by atoms with Crippen molar-refractivity contribution in [3.8, 4) is 5.75 Å². The number of esters is 1. The van der Waals surface area contributed by atoms with Crippen LogP contribution in [0.1, 0.15) is 11.6 Å². The second-order valence-electron chi connectivity index (χ2n) is 5.34. The van der Waals surface area contributed by atoms with Crippen molar-refractivity contribution in [2.75, 3.05) is 14.2 Å². The number of ether oxygens (including phenoxy) is 2. The minimum absolute atomic E-state index is 0.263. The van der Waals surface area contributed by atoms with Gasteiger partial charge in [-0.25, -0.2) is 22.0 Å². The molecule has 0 aromatic heterocycles. The maximum Gasteiger partial charge on any atom is 0.328 e. The number of nitro groups is 1. The van der Waals surface area contributed by atoms with Gasteiger partial charge in [0.25, 0.3) is 5.69 Å². The van der Waals surface area contributed by atoms with E-state index in [9.17, 15) is 32.1 Å². The second kappa shape index (κ2) is 8.27. The predicted octanol–water partition coefficient (Wildman–Crippen LogP) is 2.07. The largest absolute Gasteiger partial charge is 0.495 e. The number of nitro benzene ring substituents is 1. The Hall–Kier alpha value is -3.12. The molecule has 1 N–H and O–H groups in total. The summed E-state index contributed by atoms with van der Waals surface area (Å²) in [6.07, 6.45) is 0. The number of carbonyl (C=O) groups is 1. The van der Waals surface area contributed by atoms with Gasteiger partial charge in [0.1, 0.15) is 28.3 Å². The molecule has 2 aromatic carbocycles. The monoisotopic (exact) mass is 416 g/mol. The maximum atomic E-state index is 14.1. The molecule has 12 heteroatoms. The van der Waals surface area contributed by atoms with Crippen LogP contribution in [-0.4, -0.2) is 33.5 Å². The predicted molar refractivity (Wildman–Crippen MR) is 91.1 cm³/mol. The Labute approximate surface area is 158 Å². The molecule has 0 radical (unpaired) electrons. The lowest BCUT2D eigenvalue weighted by atomic mass is 10.1. The van der Waals surface area contributed by atoms with Crippen LogP contribution >= 0.6 is 0 Å². The van der Waals surface area contributed by atoms with Crippen molar-refractivity contribution in [2.45, 2.75) is 10.9 Å². The lowest BCUT2D eigenvalue weighted by Crippen LogP contribution is -2.35. The van der Waals surface area contributed by atoms with Crippen LogP contribution in [0.4, 0.5) is 14.5 Å². The number of benzene rings is 2. The molecule has 0 spiro atoms. The number of rotatable bonds is 7. The van der Waals surface area contributed by atoms with Crippen molar-refractivity contribution in [1.29, 1.82) is 0 Å². The minimum atomic E-state index is -4.66. The topological polar surface area (TPSA) is 125 Å². The summed E-state index contributed by atoms with van der Waals surface area (Å²) in [6, 6.07) is 2.94.